The molecule has 0 radical (unpaired) electrons. The van der Waals surface area contributed by atoms with Gasteiger partial charge in [0, 0.05) is 38.1 Å². The van der Waals surface area contributed by atoms with Gasteiger partial charge in [-0.25, -0.2) is 0 Å². The lowest BCUT2D eigenvalue weighted by Gasteiger charge is -2.37. The third-order valence-corrected chi connectivity index (χ3v) is 4.61. The van der Waals surface area contributed by atoms with Crippen molar-refractivity contribution < 1.29 is 14.3 Å². The molecule has 2 amide bonds. The maximum atomic E-state index is 12.7. The Hall–Kier alpha value is -1.99. The number of aromatic nitrogens is 1. The van der Waals surface area contributed by atoms with Crippen LogP contribution in [0.15, 0.2) is 18.3 Å². The minimum atomic E-state index is -0.104. The van der Waals surface area contributed by atoms with Crippen LogP contribution in [0, 0.1) is 6.92 Å². The molecule has 0 N–H and O–H groups in total. The van der Waals surface area contributed by atoms with E-state index in [9.17, 15) is 9.59 Å². The fraction of sp³-hybridized carbons (Fsp3) is 0.588. The van der Waals surface area contributed by atoms with E-state index in [1.807, 2.05) is 36.9 Å². The van der Waals surface area contributed by atoms with Gasteiger partial charge in [0.15, 0.2) is 0 Å². The third-order valence-electron chi connectivity index (χ3n) is 4.61. The summed E-state index contributed by atoms with van der Waals surface area (Å²) < 4.78 is 5.67. The van der Waals surface area contributed by atoms with Crippen LogP contribution >= 0.6 is 0 Å². The minimum Gasteiger partial charge on any atom is -0.364 e. The maximum absolute atomic E-state index is 12.7. The standard InChI is InChI=1S/C17H24N4O3/c1-12-4-5-13(8-18-12)17(23)20-9-14-15(10-20)24-11-16(22)21(14)7-6-19(2)3/h4-5,8,14-15H,6-7,9-11H2,1-3H3/t14-,15-/m1/s1. The first kappa shape index (κ1) is 16.9. The molecule has 0 spiro atoms. The Morgan fingerprint density at radius 1 is 1.38 bits per heavy atom. The molecule has 0 aromatic carbocycles. The highest BCUT2D eigenvalue weighted by Gasteiger charge is 2.44. The van der Waals surface area contributed by atoms with E-state index in [0.29, 0.717) is 25.2 Å². The molecule has 2 fully saturated rings. The quantitative estimate of drug-likeness (QED) is 0.777. The Morgan fingerprint density at radius 2 is 2.17 bits per heavy atom. The molecule has 0 saturated carbocycles. The van der Waals surface area contributed by atoms with E-state index in [4.69, 9.17) is 4.74 Å². The Balaban J connectivity index is 1.70. The van der Waals surface area contributed by atoms with Gasteiger partial charge < -0.3 is 19.4 Å². The van der Waals surface area contributed by atoms with E-state index in [-0.39, 0.29) is 30.6 Å². The first-order valence-corrected chi connectivity index (χ1v) is 8.23. The van der Waals surface area contributed by atoms with Crippen LogP contribution in [0.3, 0.4) is 0 Å². The van der Waals surface area contributed by atoms with Crippen molar-refractivity contribution in [1.29, 1.82) is 0 Å². The van der Waals surface area contributed by atoms with Crippen molar-refractivity contribution in [3.8, 4) is 0 Å². The molecule has 24 heavy (non-hydrogen) atoms. The van der Waals surface area contributed by atoms with Gasteiger partial charge in [-0.05, 0) is 33.2 Å². The average Bonchev–Trinajstić information content (AvgIpc) is 2.98. The van der Waals surface area contributed by atoms with Crippen molar-refractivity contribution in [3.05, 3.63) is 29.6 Å². The van der Waals surface area contributed by atoms with Crippen molar-refractivity contribution in [2.75, 3.05) is 46.9 Å². The number of hydrogen-bond acceptors (Lipinski definition) is 5. The third kappa shape index (κ3) is 3.42. The summed E-state index contributed by atoms with van der Waals surface area (Å²) in [6, 6.07) is 3.57. The zero-order valence-electron chi connectivity index (χ0n) is 14.4. The van der Waals surface area contributed by atoms with Crippen LogP contribution in [0.1, 0.15) is 16.1 Å². The predicted octanol–water partition coefficient (Wildman–Crippen LogP) is 0.00342. The lowest BCUT2D eigenvalue weighted by Crippen LogP contribution is -2.55. The molecule has 1 aromatic heterocycles. The number of rotatable bonds is 4. The summed E-state index contributed by atoms with van der Waals surface area (Å²) in [6.45, 7) is 4.47. The molecule has 0 unspecified atom stereocenters. The summed E-state index contributed by atoms with van der Waals surface area (Å²) in [5.74, 6) is -0.0510. The molecule has 130 valence electrons. The fourth-order valence-corrected chi connectivity index (χ4v) is 3.21. The average molecular weight is 332 g/mol. The van der Waals surface area contributed by atoms with Gasteiger partial charge >= 0.3 is 0 Å². The molecular weight excluding hydrogens is 308 g/mol. The van der Waals surface area contributed by atoms with Gasteiger partial charge in [0.25, 0.3) is 5.91 Å². The fourth-order valence-electron chi connectivity index (χ4n) is 3.21. The number of ether oxygens (including phenoxy) is 1. The van der Waals surface area contributed by atoms with E-state index in [2.05, 4.69) is 4.98 Å². The van der Waals surface area contributed by atoms with Crippen LogP contribution < -0.4 is 0 Å². The van der Waals surface area contributed by atoms with Crippen molar-refractivity contribution >= 4 is 11.8 Å². The number of carbonyl (C=O) groups excluding carboxylic acids is 2. The smallest absolute Gasteiger partial charge is 0.255 e. The number of amides is 2. The summed E-state index contributed by atoms with van der Waals surface area (Å²) in [7, 11) is 3.97. The van der Waals surface area contributed by atoms with Gasteiger partial charge in [-0.3, -0.25) is 14.6 Å². The summed E-state index contributed by atoms with van der Waals surface area (Å²) in [4.78, 5) is 34.8. The number of pyridine rings is 1. The lowest BCUT2D eigenvalue weighted by atomic mass is 10.1. The second kappa shape index (κ2) is 6.86. The highest BCUT2D eigenvalue weighted by atomic mass is 16.5. The van der Waals surface area contributed by atoms with Crippen LogP contribution in [0.25, 0.3) is 0 Å². The molecule has 0 bridgehead atoms. The largest absolute Gasteiger partial charge is 0.364 e. The van der Waals surface area contributed by atoms with Gasteiger partial charge in [-0.2, -0.15) is 0 Å². The monoisotopic (exact) mass is 332 g/mol. The highest BCUT2D eigenvalue weighted by molar-refractivity contribution is 5.94. The topological polar surface area (TPSA) is 66.0 Å². The van der Waals surface area contributed by atoms with Crippen LogP contribution in [0.5, 0.6) is 0 Å². The Bertz CT molecular complexity index is 617. The molecule has 3 rings (SSSR count). The molecule has 0 aliphatic carbocycles. The van der Waals surface area contributed by atoms with E-state index < -0.39 is 0 Å². The number of likely N-dealkylation sites (N-methyl/N-ethyl adjacent to an activating group) is 1. The molecular formula is C17H24N4O3. The van der Waals surface area contributed by atoms with Crippen molar-refractivity contribution in [3.63, 3.8) is 0 Å². The van der Waals surface area contributed by atoms with Crippen LogP contribution in [-0.2, 0) is 9.53 Å². The van der Waals surface area contributed by atoms with Gasteiger partial charge in [0.05, 0.1) is 17.7 Å². The summed E-state index contributed by atoms with van der Waals surface area (Å²) in [5.41, 5.74) is 1.45. The van der Waals surface area contributed by atoms with Gasteiger partial charge in [0.1, 0.15) is 6.61 Å². The first-order chi connectivity index (χ1) is 11.5. The van der Waals surface area contributed by atoms with Crippen molar-refractivity contribution in [2.24, 2.45) is 0 Å². The molecule has 2 aliphatic rings. The molecule has 7 heteroatoms. The van der Waals surface area contributed by atoms with Gasteiger partial charge in [-0.1, -0.05) is 0 Å². The summed E-state index contributed by atoms with van der Waals surface area (Å²) in [5, 5.41) is 0. The number of carbonyl (C=O) groups is 2. The van der Waals surface area contributed by atoms with Gasteiger partial charge in [-0.15, -0.1) is 0 Å². The number of hydrogen-bond donors (Lipinski definition) is 0. The molecule has 3 heterocycles. The normalized spacial score (nSPS) is 23.8. The second-order valence-electron chi connectivity index (χ2n) is 6.71. The van der Waals surface area contributed by atoms with E-state index in [1.54, 1.807) is 17.2 Å². The van der Waals surface area contributed by atoms with Crippen LogP contribution in [0.2, 0.25) is 0 Å². The molecule has 2 aliphatic heterocycles. The van der Waals surface area contributed by atoms with Crippen LogP contribution in [0.4, 0.5) is 0 Å². The molecule has 7 nitrogen and oxygen atoms in total. The van der Waals surface area contributed by atoms with E-state index >= 15 is 0 Å². The second-order valence-corrected chi connectivity index (χ2v) is 6.71. The van der Waals surface area contributed by atoms with E-state index in [1.165, 1.54) is 0 Å². The Morgan fingerprint density at radius 3 is 2.83 bits per heavy atom. The van der Waals surface area contributed by atoms with Crippen LogP contribution in [-0.4, -0.2) is 90.5 Å². The summed E-state index contributed by atoms with van der Waals surface area (Å²) >= 11 is 0. The van der Waals surface area contributed by atoms with Crippen molar-refractivity contribution in [2.45, 2.75) is 19.1 Å². The van der Waals surface area contributed by atoms with Crippen molar-refractivity contribution in [1.82, 2.24) is 19.7 Å². The Labute approximate surface area is 142 Å². The predicted molar refractivity (Wildman–Crippen MR) is 88.7 cm³/mol. The lowest BCUT2D eigenvalue weighted by molar-refractivity contribution is -0.153. The molecule has 1 aromatic rings. The molecule has 2 saturated heterocycles. The Kier molecular flexibility index (Phi) is 4.82. The number of morpholine rings is 1. The first-order valence-electron chi connectivity index (χ1n) is 8.23. The maximum Gasteiger partial charge on any atom is 0.255 e. The number of likely N-dealkylation sites (tertiary alicyclic amines) is 1. The minimum absolute atomic E-state index is 0.00408. The molecule has 2 atom stereocenters. The zero-order valence-corrected chi connectivity index (χ0v) is 14.4. The zero-order chi connectivity index (χ0) is 17.3. The number of aryl methyl sites for hydroxylation is 1. The summed E-state index contributed by atoms with van der Waals surface area (Å²) in [6.07, 6.45) is 1.50. The number of nitrogens with zero attached hydrogens (tertiary/aromatic N) is 4. The number of fused-ring (bicyclic) bond motifs is 1. The highest BCUT2D eigenvalue weighted by Crippen LogP contribution is 2.24. The van der Waals surface area contributed by atoms with E-state index in [0.717, 1.165) is 12.2 Å². The SMILES string of the molecule is Cc1ccc(C(=O)N2C[C@@H]3[C@@H](C2)OCC(=O)N3CCN(C)C)cn1. The van der Waals surface area contributed by atoms with Gasteiger partial charge in [0.2, 0.25) is 5.91 Å².